The molecule has 8 heteroatoms. The van der Waals surface area contributed by atoms with E-state index in [0.29, 0.717) is 33.5 Å². The Hall–Kier alpha value is -3.74. The van der Waals surface area contributed by atoms with Crippen LogP contribution in [0.5, 0.6) is 11.5 Å². The maximum Gasteiger partial charge on any atom is 0.329 e. The van der Waals surface area contributed by atoms with E-state index in [1.54, 1.807) is 36.4 Å². The number of urea groups is 1. The highest BCUT2D eigenvalue weighted by Crippen LogP contribution is 2.36. The quantitative estimate of drug-likeness (QED) is 0.200. The minimum atomic E-state index is -0.465. The fourth-order valence-electron chi connectivity index (χ4n) is 3.83. The van der Waals surface area contributed by atoms with Crippen LogP contribution in [0.2, 0.25) is 10.0 Å². The predicted molar refractivity (Wildman–Crippen MR) is 141 cm³/mol. The van der Waals surface area contributed by atoms with Crippen LogP contribution < -0.4 is 14.8 Å². The van der Waals surface area contributed by atoms with Crippen LogP contribution in [0.3, 0.4) is 0 Å². The molecule has 3 amide bonds. The molecule has 1 aliphatic heterocycles. The summed E-state index contributed by atoms with van der Waals surface area (Å²) in [5.74, 6) is 0.619. The Morgan fingerprint density at radius 3 is 2.50 bits per heavy atom. The van der Waals surface area contributed by atoms with Crippen molar-refractivity contribution in [3.05, 3.63) is 111 Å². The highest BCUT2D eigenvalue weighted by molar-refractivity contribution is 6.35. The number of nitrogens with one attached hydrogen (secondary N) is 1. The Kier molecular flexibility index (Phi) is 7.98. The number of halogens is 2. The number of carbonyl (C=O) groups excluding carboxylic acids is 2. The summed E-state index contributed by atoms with van der Waals surface area (Å²) in [5, 5.41) is 3.71. The van der Waals surface area contributed by atoms with Crippen molar-refractivity contribution < 1.29 is 19.1 Å². The first-order chi connectivity index (χ1) is 17.4. The van der Waals surface area contributed by atoms with E-state index < -0.39 is 11.9 Å². The first kappa shape index (κ1) is 25.4. The van der Waals surface area contributed by atoms with E-state index in [2.05, 4.69) is 11.9 Å². The monoisotopic (exact) mass is 522 g/mol. The average Bonchev–Trinajstić information content (AvgIpc) is 3.12. The van der Waals surface area contributed by atoms with Crippen LogP contribution in [0.25, 0.3) is 6.08 Å². The zero-order valence-electron chi connectivity index (χ0n) is 19.6. The second-order valence-electron chi connectivity index (χ2n) is 8.09. The van der Waals surface area contributed by atoms with Gasteiger partial charge in [0.1, 0.15) is 12.3 Å². The van der Waals surface area contributed by atoms with Crippen molar-refractivity contribution in [2.75, 3.05) is 7.11 Å². The third kappa shape index (κ3) is 5.73. The molecule has 1 aliphatic rings. The Morgan fingerprint density at radius 2 is 1.81 bits per heavy atom. The average molecular weight is 523 g/mol. The molecule has 184 valence electrons. The Morgan fingerprint density at radius 1 is 1.03 bits per heavy atom. The van der Waals surface area contributed by atoms with Gasteiger partial charge in [-0.2, -0.15) is 0 Å². The van der Waals surface area contributed by atoms with Crippen LogP contribution in [0.4, 0.5) is 4.79 Å². The molecule has 0 unspecified atom stereocenters. The van der Waals surface area contributed by atoms with Crippen molar-refractivity contribution in [1.29, 1.82) is 0 Å². The second kappa shape index (κ2) is 11.3. The number of imide groups is 1. The highest BCUT2D eigenvalue weighted by atomic mass is 35.5. The number of allylic oxidation sites excluding steroid dienone is 1. The fraction of sp³-hybridized carbons (Fsp3) is 0.143. The van der Waals surface area contributed by atoms with Crippen LogP contribution in [-0.2, 0) is 24.4 Å². The summed E-state index contributed by atoms with van der Waals surface area (Å²) in [5.41, 5.74) is 3.30. The molecule has 0 radical (unpaired) electrons. The summed E-state index contributed by atoms with van der Waals surface area (Å²) in [6, 6.07) is 17.7. The molecule has 1 heterocycles. The number of methoxy groups -OCH3 is 1. The normalized spacial score (nSPS) is 14.2. The maximum absolute atomic E-state index is 13.0. The van der Waals surface area contributed by atoms with Gasteiger partial charge in [-0.1, -0.05) is 65.7 Å². The Bertz CT molecular complexity index is 1340. The lowest BCUT2D eigenvalue weighted by molar-refractivity contribution is -0.123. The zero-order valence-corrected chi connectivity index (χ0v) is 21.1. The first-order valence-corrected chi connectivity index (χ1v) is 11.9. The SMILES string of the molecule is C=CCc1cc(/C=C2/NC(=O)N(Cc3ccccc3)C2=O)cc(OC)c1OCc1ccc(Cl)cc1Cl. The van der Waals surface area contributed by atoms with Crippen molar-refractivity contribution in [2.24, 2.45) is 0 Å². The lowest BCUT2D eigenvalue weighted by Gasteiger charge is -2.16. The van der Waals surface area contributed by atoms with Crippen molar-refractivity contribution in [1.82, 2.24) is 10.2 Å². The second-order valence-corrected chi connectivity index (χ2v) is 8.94. The molecular weight excluding hydrogens is 499 g/mol. The molecule has 1 N–H and O–H groups in total. The summed E-state index contributed by atoms with van der Waals surface area (Å²) in [6.45, 7) is 4.23. The van der Waals surface area contributed by atoms with Crippen LogP contribution >= 0.6 is 23.2 Å². The number of benzene rings is 3. The van der Waals surface area contributed by atoms with E-state index in [4.69, 9.17) is 32.7 Å². The molecule has 1 saturated heterocycles. The third-order valence-corrected chi connectivity index (χ3v) is 6.17. The van der Waals surface area contributed by atoms with Crippen LogP contribution in [-0.4, -0.2) is 23.9 Å². The molecule has 0 aliphatic carbocycles. The third-order valence-electron chi connectivity index (χ3n) is 5.58. The molecule has 3 aromatic rings. The van der Waals surface area contributed by atoms with E-state index in [1.165, 1.54) is 12.0 Å². The first-order valence-electron chi connectivity index (χ1n) is 11.2. The molecule has 3 aromatic carbocycles. The fourth-order valence-corrected chi connectivity index (χ4v) is 4.29. The molecule has 0 bridgehead atoms. The van der Waals surface area contributed by atoms with Gasteiger partial charge in [0.15, 0.2) is 11.5 Å². The van der Waals surface area contributed by atoms with E-state index in [9.17, 15) is 9.59 Å². The molecule has 36 heavy (non-hydrogen) atoms. The van der Waals surface area contributed by atoms with Crippen molar-refractivity contribution in [3.63, 3.8) is 0 Å². The number of nitrogens with zero attached hydrogens (tertiary/aromatic N) is 1. The molecule has 1 fully saturated rings. The Labute approximate surface area is 219 Å². The molecule has 0 saturated carbocycles. The van der Waals surface area contributed by atoms with Gasteiger partial charge in [-0.25, -0.2) is 4.79 Å². The summed E-state index contributed by atoms with van der Waals surface area (Å²) >= 11 is 12.3. The van der Waals surface area contributed by atoms with Gasteiger partial charge >= 0.3 is 6.03 Å². The number of hydrogen-bond donors (Lipinski definition) is 1. The highest BCUT2D eigenvalue weighted by Gasteiger charge is 2.33. The molecule has 6 nitrogen and oxygen atoms in total. The summed E-state index contributed by atoms with van der Waals surface area (Å²) in [6.07, 6.45) is 3.87. The van der Waals surface area contributed by atoms with Crippen molar-refractivity contribution in [2.45, 2.75) is 19.6 Å². The van der Waals surface area contributed by atoms with Gasteiger partial charge in [0.25, 0.3) is 5.91 Å². The van der Waals surface area contributed by atoms with E-state index >= 15 is 0 Å². The maximum atomic E-state index is 13.0. The number of amides is 3. The minimum absolute atomic E-state index is 0.184. The van der Waals surface area contributed by atoms with Crippen molar-refractivity contribution in [3.8, 4) is 11.5 Å². The smallest absolute Gasteiger partial charge is 0.329 e. The van der Waals surface area contributed by atoms with Crippen LogP contribution in [0.15, 0.2) is 79.0 Å². The molecule has 0 aromatic heterocycles. The molecule has 0 atom stereocenters. The number of rotatable bonds is 9. The number of carbonyl (C=O) groups is 2. The molecule has 0 spiro atoms. The van der Waals surface area contributed by atoms with Gasteiger partial charge in [-0.3, -0.25) is 9.69 Å². The van der Waals surface area contributed by atoms with Gasteiger partial charge < -0.3 is 14.8 Å². The lowest BCUT2D eigenvalue weighted by Crippen LogP contribution is -2.30. The van der Waals surface area contributed by atoms with Gasteiger partial charge in [0, 0.05) is 21.2 Å². The molecule has 4 rings (SSSR count). The van der Waals surface area contributed by atoms with Gasteiger partial charge in [0.05, 0.1) is 13.7 Å². The van der Waals surface area contributed by atoms with E-state index in [0.717, 1.165) is 16.7 Å². The van der Waals surface area contributed by atoms with E-state index in [1.807, 2.05) is 36.4 Å². The summed E-state index contributed by atoms with van der Waals surface area (Å²) in [4.78, 5) is 26.6. The summed E-state index contributed by atoms with van der Waals surface area (Å²) < 4.78 is 11.7. The topological polar surface area (TPSA) is 67.9 Å². The number of hydrogen-bond acceptors (Lipinski definition) is 4. The van der Waals surface area contributed by atoms with Gasteiger partial charge in [-0.15, -0.1) is 6.58 Å². The van der Waals surface area contributed by atoms with Crippen molar-refractivity contribution >= 4 is 41.2 Å². The predicted octanol–water partition coefficient (Wildman–Crippen LogP) is 6.40. The number of ether oxygens (including phenoxy) is 2. The van der Waals surface area contributed by atoms with Gasteiger partial charge in [0.2, 0.25) is 0 Å². The lowest BCUT2D eigenvalue weighted by atomic mass is 10.0. The largest absolute Gasteiger partial charge is 0.493 e. The van der Waals surface area contributed by atoms with Crippen LogP contribution in [0, 0.1) is 0 Å². The zero-order chi connectivity index (χ0) is 25.7. The van der Waals surface area contributed by atoms with Crippen LogP contribution in [0.1, 0.15) is 22.3 Å². The van der Waals surface area contributed by atoms with E-state index in [-0.39, 0.29) is 18.8 Å². The summed E-state index contributed by atoms with van der Waals surface area (Å²) in [7, 11) is 1.54. The Balaban J connectivity index is 1.60. The van der Waals surface area contributed by atoms with Gasteiger partial charge in [-0.05, 0) is 47.9 Å². The minimum Gasteiger partial charge on any atom is -0.493 e. The molecular formula is C28H24Cl2N2O4. The standard InChI is InChI=1S/C28H24Cl2N2O4/c1-3-7-20-12-19(13-24-27(33)32(28(34)31-24)16-18-8-5-4-6-9-18)14-25(35-2)26(20)36-17-21-10-11-22(29)15-23(21)30/h3-6,8-15H,1,7,16-17H2,2H3,(H,31,34)/b24-13+.